The van der Waals surface area contributed by atoms with Gasteiger partial charge in [-0.2, -0.15) is 12.1 Å². The van der Waals surface area contributed by atoms with Gasteiger partial charge in [-0.3, -0.25) is 8.97 Å². The van der Waals surface area contributed by atoms with E-state index in [4.69, 9.17) is 34.1 Å². The van der Waals surface area contributed by atoms with Crippen LogP contribution in [0.4, 0.5) is 11.4 Å². The summed E-state index contributed by atoms with van der Waals surface area (Å²) in [5.41, 5.74) is 13.2. The minimum absolute atomic E-state index is 0.837. The van der Waals surface area contributed by atoms with Crippen LogP contribution in [0, 0.1) is 13.8 Å². The van der Waals surface area contributed by atoms with Crippen LogP contribution in [0.1, 0.15) is 22.3 Å². The molecule has 8 aromatic carbocycles. The molecular weight excluding hydrogens is 914 g/mol. The van der Waals surface area contributed by atoms with Gasteiger partial charge in [0.2, 0.25) is 0 Å². The number of hydrogen-bond donors (Lipinski definition) is 0. The first-order valence-electron chi connectivity index (χ1n) is 20.1. The summed E-state index contributed by atoms with van der Waals surface area (Å²) >= 11 is -3.29. The van der Waals surface area contributed by atoms with E-state index in [1.807, 2.05) is 0 Å². The fourth-order valence-corrected chi connectivity index (χ4v) is 7.62. The number of hydrogen-bond acceptors (Lipinski definition) is 0. The summed E-state index contributed by atoms with van der Waals surface area (Å²) in [4.78, 5) is 0. The van der Waals surface area contributed by atoms with Crippen LogP contribution in [0.5, 0.6) is 0 Å². The molecule has 0 atom stereocenters. The molecule has 8 aromatic rings. The summed E-state index contributed by atoms with van der Waals surface area (Å²) in [7, 11) is 30.3. The topological polar surface area (TPSA) is 0 Å². The Balaban J connectivity index is 0.000000193. The van der Waals surface area contributed by atoms with Crippen LogP contribution < -0.4 is 8.97 Å². The Labute approximate surface area is 380 Å². The monoisotopic (exact) mass is 966 g/mol. The molecule has 0 amide bonds. The van der Waals surface area contributed by atoms with Gasteiger partial charge in [-0.25, -0.2) is 0 Å². The van der Waals surface area contributed by atoms with Gasteiger partial charge in [-0.1, -0.05) is 111 Å². The van der Waals surface area contributed by atoms with E-state index >= 15 is 0 Å². The van der Waals surface area contributed by atoms with E-state index in [0.29, 0.717) is 0 Å². The van der Waals surface area contributed by atoms with Crippen molar-refractivity contribution >= 4 is 76.5 Å². The van der Waals surface area contributed by atoms with Crippen molar-refractivity contribution in [3.8, 4) is 22.3 Å². The number of aryl methyl sites for hydroxylation is 2. The number of quaternary nitrogens is 2. The molecule has 8 heteroatoms. The predicted molar refractivity (Wildman–Crippen MR) is 268 cm³/mol. The molecule has 0 aliphatic carbocycles. The third-order valence-electron chi connectivity index (χ3n) is 10.4. The van der Waals surface area contributed by atoms with Crippen LogP contribution in [0.3, 0.4) is 0 Å². The average Bonchev–Trinajstić information content (AvgIpc) is 3.79. The van der Waals surface area contributed by atoms with Crippen molar-refractivity contribution in [2.75, 3.05) is 28.2 Å². The molecule has 0 fully saturated rings. The predicted octanol–water partition coefficient (Wildman–Crippen LogP) is 16.1. The second kappa shape index (κ2) is 21.7. The van der Waals surface area contributed by atoms with Gasteiger partial charge in [-0.05, 0) is 59.7 Å². The summed E-state index contributed by atoms with van der Waals surface area (Å²) < 4.78 is 1.67. The van der Waals surface area contributed by atoms with E-state index in [-0.39, 0.29) is 0 Å². The summed E-state index contributed by atoms with van der Waals surface area (Å²) in [5, 5.41) is 5.33. The van der Waals surface area contributed by atoms with E-state index < -0.39 is 15.5 Å². The standard InChI is InChI=1S/2C25H25N.C2H6Si.4ClH.Zr/c2*1-19-16-22-10-7-11-24(25(22)17-19)21-12-14-23(15-13-21)26(2,3)18-20-8-5-4-6-9-20;1-3-2;;;;;/h2*4-17H,18H2,1-3H3;1-2H3;4*1H;/q;;;;;;;+4/p-4. The number of nitrogens with zero attached hydrogens (tertiary/aromatic N) is 2. The van der Waals surface area contributed by atoms with Gasteiger partial charge in [0, 0.05) is 20.6 Å². The van der Waals surface area contributed by atoms with Crippen LogP contribution in [-0.4, -0.2) is 37.7 Å². The van der Waals surface area contributed by atoms with Gasteiger partial charge < -0.3 is 0 Å². The fourth-order valence-electron chi connectivity index (χ4n) is 7.62. The maximum atomic E-state index is 5.04. The third kappa shape index (κ3) is 13.9. The SMILES string of the molecule is C[Si]C.Cc1cc2c(-c3ccc([N+](C)(C)Cc4ccccc4)cc3)cccc2[cH-]1.Cc1cc2c(-c3ccc([N+](C)(C)Cc4ccccc4)cc3)cccc2[cH-]1.[Cl][Zr]([Cl])([Cl])[Cl]. The van der Waals surface area contributed by atoms with Crippen molar-refractivity contribution in [1.29, 1.82) is 0 Å². The van der Waals surface area contributed by atoms with E-state index in [0.717, 1.165) is 31.6 Å². The molecule has 0 N–H and O–H groups in total. The van der Waals surface area contributed by atoms with Gasteiger partial charge in [0.05, 0.1) is 28.2 Å². The molecule has 0 heterocycles. The van der Waals surface area contributed by atoms with Crippen LogP contribution in [0.15, 0.2) is 170 Å². The second-order valence-electron chi connectivity index (χ2n) is 16.4. The molecule has 0 unspecified atom stereocenters. The third-order valence-corrected chi connectivity index (χ3v) is 10.4. The van der Waals surface area contributed by atoms with Crippen LogP contribution in [0.2, 0.25) is 13.1 Å². The molecule has 0 aliphatic rings. The number of halogens is 4. The Morgan fingerprint density at radius 2 is 0.783 bits per heavy atom. The molecule has 8 rings (SSSR count). The molecule has 0 aliphatic heterocycles. The van der Waals surface area contributed by atoms with E-state index in [1.165, 1.54) is 77.4 Å². The van der Waals surface area contributed by atoms with Crippen molar-refractivity contribution in [1.82, 2.24) is 8.97 Å². The summed E-state index contributed by atoms with van der Waals surface area (Å²) in [6.45, 7) is 10.6. The fraction of sp³-hybridized carbons (Fsp3) is 0.192. The molecule has 0 bridgehead atoms. The van der Waals surface area contributed by atoms with Crippen LogP contribution in [-0.2, 0) is 28.6 Å². The summed E-state index contributed by atoms with van der Waals surface area (Å²) in [5.74, 6) is 0. The molecule has 0 saturated heterocycles. The van der Waals surface area contributed by atoms with Crippen LogP contribution in [0.25, 0.3) is 43.8 Å². The minimum atomic E-state index is -3.29. The molecule has 2 radical (unpaired) electrons. The molecule has 0 spiro atoms. The molecule has 0 aromatic heterocycles. The molecule has 310 valence electrons. The van der Waals surface area contributed by atoms with Gasteiger partial charge in [0.1, 0.15) is 24.5 Å². The number of benzene rings is 6. The average molecular weight is 970 g/mol. The van der Waals surface area contributed by atoms with E-state index in [9.17, 15) is 0 Å². The Morgan fingerprint density at radius 1 is 0.467 bits per heavy atom. The number of fused-ring (bicyclic) bond motifs is 2. The summed E-state index contributed by atoms with van der Waals surface area (Å²) in [6, 6.07) is 61.8. The van der Waals surface area contributed by atoms with Crippen molar-refractivity contribution < 1.29 is 15.5 Å². The van der Waals surface area contributed by atoms with Gasteiger partial charge in [0.15, 0.2) is 0 Å². The molecular formula is C52H56Cl4N2SiZr. The first-order chi connectivity index (χ1) is 28.5. The van der Waals surface area contributed by atoms with Gasteiger partial charge in [0.25, 0.3) is 0 Å². The Hall–Kier alpha value is -3.28. The van der Waals surface area contributed by atoms with Crippen molar-refractivity contribution in [3.05, 3.63) is 192 Å². The quantitative estimate of drug-likeness (QED) is 0.0809. The maximum absolute atomic E-state index is 5.04. The Morgan fingerprint density at radius 3 is 1.10 bits per heavy atom. The number of rotatable bonds is 8. The van der Waals surface area contributed by atoms with E-state index in [2.05, 4.69) is 225 Å². The zero-order valence-corrected chi connectivity index (χ0v) is 42.5. The van der Waals surface area contributed by atoms with Crippen molar-refractivity contribution in [2.45, 2.75) is 40.0 Å². The molecule has 0 saturated carbocycles. The second-order valence-corrected chi connectivity index (χ2v) is 39.8. The first kappa shape index (κ1) is 47.8. The Kier molecular flexibility index (Phi) is 17.3. The van der Waals surface area contributed by atoms with Crippen molar-refractivity contribution in [2.24, 2.45) is 0 Å². The summed E-state index contributed by atoms with van der Waals surface area (Å²) in [6.07, 6.45) is 0. The van der Waals surface area contributed by atoms with E-state index in [1.54, 1.807) is 0 Å². The Bertz CT molecular complexity index is 2360. The first-order valence-corrected chi connectivity index (χ1v) is 34.8. The van der Waals surface area contributed by atoms with Crippen LogP contribution >= 0.6 is 34.1 Å². The van der Waals surface area contributed by atoms with Crippen molar-refractivity contribution in [3.63, 3.8) is 0 Å². The molecule has 2 nitrogen and oxygen atoms in total. The molecule has 60 heavy (non-hydrogen) atoms. The van der Waals surface area contributed by atoms with Gasteiger partial charge >= 0.3 is 49.5 Å². The zero-order chi connectivity index (χ0) is 43.5. The normalized spacial score (nSPS) is 11.5. The van der Waals surface area contributed by atoms with Gasteiger partial charge in [-0.15, -0.1) is 69.1 Å². The zero-order valence-electron chi connectivity index (χ0n) is 36.0.